The van der Waals surface area contributed by atoms with Crippen LogP contribution in [-0.4, -0.2) is 70.0 Å². The number of esters is 2. The number of allylic oxidation sites excluding steroid dienone is 14. The maximum absolute atomic E-state index is 12.9. The third-order valence-corrected chi connectivity index (χ3v) is 19.9. The fraction of sp³-hybridized carbons (Fsp3) is 0.818. The van der Waals surface area contributed by atoms with Crippen LogP contribution < -0.4 is 4.89 Å². The van der Waals surface area contributed by atoms with E-state index in [2.05, 4.69) is 98.9 Å². The third kappa shape index (κ3) is 82.1. The van der Waals surface area contributed by atoms with Gasteiger partial charge in [-0.05, 0) is 89.9 Å². The van der Waals surface area contributed by atoms with Crippen molar-refractivity contribution in [2.45, 2.75) is 418 Å². The van der Waals surface area contributed by atoms with Gasteiger partial charge in [-0.2, -0.15) is 0 Å². The van der Waals surface area contributed by atoms with Gasteiger partial charge < -0.3 is 27.9 Å². The molecule has 2 atom stereocenters. The van der Waals surface area contributed by atoms with Crippen molar-refractivity contribution in [1.82, 2.24) is 0 Å². The summed E-state index contributed by atoms with van der Waals surface area (Å²) < 4.78 is 34.5. The smallest absolute Gasteiger partial charge is 0.306 e. The number of phosphoric ester groups is 1. The average Bonchev–Trinajstić information content (AvgIpc) is 1.08. The lowest BCUT2D eigenvalue weighted by molar-refractivity contribution is -0.870. The van der Waals surface area contributed by atoms with Crippen LogP contribution in [0.4, 0.5) is 0 Å². The molecule has 572 valence electrons. The minimum Gasteiger partial charge on any atom is -0.756 e. The number of quaternary nitrogens is 1. The highest BCUT2D eigenvalue weighted by Crippen LogP contribution is 2.38. The highest BCUT2D eigenvalue weighted by atomic mass is 31.2. The fourth-order valence-electron chi connectivity index (χ4n) is 12.5. The number of unbranched alkanes of at least 4 members (excludes halogenated alkanes) is 51. The number of carbonyl (C=O) groups excluding carboxylic acids is 2. The summed E-state index contributed by atoms with van der Waals surface area (Å²) in [6.07, 6.45) is 109. The van der Waals surface area contributed by atoms with Crippen LogP contribution in [0, 0.1) is 0 Å². The highest BCUT2D eigenvalue weighted by molar-refractivity contribution is 7.45. The molecule has 98 heavy (non-hydrogen) atoms. The molecule has 0 heterocycles. The molecule has 0 aromatic carbocycles. The predicted octanol–water partition coefficient (Wildman–Crippen LogP) is 27.8. The molecule has 0 aliphatic heterocycles. The Morgan fingerprint density at radius 2 is 0.582 bits per heavy atom. The summed E-state index contributed by atoms with van der Waals surface area (Å²) in [7, 11) is 1.19. The highest BCUT2D eigenvalue weighted by Gasteiger charge is 2.22. The van der Waals surface area contributed by atoms with Crippen LogP contribution in [0.15, 0.2) is 85.1 Å². The average molecular weight is 1390 g/mol. The Bertz CT molecular complexity index is 1930. The van der Waals surface area contributed by atoms with Crippen LogP contribution >= 0.6 is 7.82 Å². The van der Waals surface area contributed by atoms with Crippen molar-refractivity contribution in [2.75, 3.05) is 47.5 Å². The largest absolute Gasteiger partial charge is 0.756 e. The van der Waals surface area contributed by atoms with Crippen molar-refractivity contribution in [2.24, 2.45) is 0 Å². The number of ether oxygens (including phenoxy) is 2. The maximum atomic E-state index is 12.9. The van der Waals surface area contributed by atoms with Crippen molar-refractivity contribution in [1.29, 1.82) is 0 Å². The molecule has 0 saturated heterocycles. The zero-order valence-corrected chi connectivity index (χ0v) is 66.4. The third-order valence-electron chi connectivity index (χ3n) is 18.9. The number of nitrogens with zero attached hydrogens (tertiary/aromatic N) is 1. The number of phosphoric acid groups is 1. The lowest BCUT2D eigenvalue weighted by Crippen LogP contribution is -2.37. The summed E-state index contributed by atoms with van der Waals surface area (Å²) in [5.74, 6) is -0.811. The number of carbonyl (C=O) groups is 2. The maximum Gasteiger partial charge on any atom is 0.306 e. The van der Waals surface area contributed by atoms with Gasteiger partial charge in [0.15, 0.2) is 6.10 Å². The predicted molar refractivity (Wildman–Crippen MR) is 425 cm³/mol. The van der Waals surface area contributed by atoms with E-state index >= 15 is 0 Å². The van der Waals surface area contributed by atoms with Crippen molar-refractivity contribution >= 4 is 19.8 Å². The molecule has 0 saturated carbocycles. The van der Waals surface area contributed by atoms with Crippen molar-refractivity contribution in [3.63, 3.8) is 0 Å². The zero-order chi connectivity index (χ0) is 71.1. The number of rotatable bonds is 79. The Hall–Kier alpha value is -2.81. The topological polar surface area (TPSA) is 111 Å². The minimum absolute atomic E-state index is 0.0294. The van der Waals surface area contributed by atoms with E-state index in [1.165, 1.54) is 308 Å². The first kappa shape index (κ1) is 95.2. The molecule has 0 aromatic heterocycles. The van der Waals surface area contributed by atoms with Gasteiger partial charge in [-0.25, -0.2) is 0 Å². The van der Waals surface area contributed by atoms with Gasteiger partial charge >= 0.3 is 11.9 Å². The number of hydrogen-bond acceptors (Lipinski definition) is 8. The van der Waals surface area contributed by atoms with Crippen molar-refractivity contribution < 1.29 is 42.1 Å². The Labute approximate surface area is 609 Å². The molecule has 10 heteroatoms. The van der Waals surface area contributed by atoms with E-state index < -0.39 is 26.5 Å². The second-order valence-corrected chi connectivity index (χ2v) is 31.2. The molecule has 0 aromatic rings. The molecule has 0 N–H and O–H groups in total. The molecule has 0 radical (unpaired) electrons. The summed E-state index contributed by atoms with van der Waals surface area (Å²) in [5.41, 5.74) is 0. The molecule has 2 unspecified atom stereocenters. The Morgan fingerprint density at radius 1 is 0.327 bits per heavy atom. The molecule has 0 amide bonds. The van der Waals surface area contributed by atoms with Gasteiger partial charge in [0.05, 0.1) is 27.7 Å². The Balaban J connectivity index is 3.88. The van der Waals surface area contributed by atoms with Gasteiger partial charge in [-0.1, -0.05) is 394 Å². The van der Waals surface area contributed by atoms with E-state index in [4.69, 9.17) is 18.5 Å². The normalized spacial score (nSPS) is 13.4. The summed E-state index contributed by atoms with van der Waals surface area (Å²) in [6, 6.07) is 0. The quantitative estimate of drug-likeness (QED) is 0.0195. The molecule has 9 nitrogen and oxygen atoms in total. The SMILES string of the molecule is CC/C=C\C/C=C\C/C=C\C/C=C\CCCCCCCCCCCCCCCCCCCCCCCCCCCCCCC(=O)OC(COC(=O)CCCCCCCCCCCCCCCCCCCC/C=C\C/C=C\C/C=C\CCCCCCC)COP(=O)([O-])OCC[N+](C)(C)C. The van der Waals surface area contributed by atoms with E-state index in [0.29, 0.717) is 17.4 Å². The van der Waals surface area contributed by atoms with Gasteiger partial charge in [-0.15, -0.1) is 0 Å². The first-order valence-electron chi connectivity index (χ1n) is 42.3. The van der Waals surface area contributed by atoms with E-state index in [9.17, 15) is 19.0 Å². The summed E-state index contributed by atoms with van der Waals surface area (Å²) in [4.78, 5) is 38.2. The first-order valence-corrected chi connectivity index (χ1v) is 43.8. The summed E-state index contributed by atoms with van der Waals surface area (Å²) >= 11 is 0. The van der Waals surface area contributed by atoms with Gasteiger partial charge in [0.2, 0.25) is 0 Å². The van der Waals surface area contributed by atoms with Crippen LogP contribution in [-0.2, 0) is 32.7 Å². The molecule has 0 spiro atoms. The molecule has 0 aliphatic rings. The lowest BCUT2D eigenvalue weighted by Gasteiger charge is -2.28. The summed E-state index contributed by atoms with van der Waals surface area (Å²) in [6.45, 7) is 4.18. The number of hydrogen-bond donors (Lipinski definition) is 0. The molecular formula is C88H162NO8P. The number of likely N-dealkylation sites (N-methyl/N-ethyl adjacent to an activating group) is 1. The lowest BCUT2D eigenvalue weighted by atomic mass is 10.0. The van der Waals surface area contributed by atoms with Crippen molar-refractivity contribution in [3.05, 3.63) is 85.1 Å². The van der Waals surface area contributed by atoms with Gasteiger partial charge in [0, 0.05) is 12.8 Å². The monoisotopic (exact) mass is 1390 g/mol. The molecule has 0 fully saturated rings. The Kier molecular flexibility index (Phi) is 76.1. The van der Waals surface area contributed by atoms with E-state index in [1.807, 2.05) is 21.1 Å². The van der Waals surface area contributed by atoms with Gasteiger partial charge in [0.25, 0.3) is 7.82 Å². The van der Waals surface area contributed by atoms with E-state index in [-0.39, 0.29) is 32.0 Å². The molecule has 0 bridgehead atoms. The minimum atomic E-state index is -4.65. The van der Waals surface area contributed by atoms with Crippen LogP contribution in [0.1, 0.15) is 412 Å². The second kappa shape index (κ2) is 78.3. The second-order valence-electron chi connectivity index (χ2n) is 29.8. The van der Waals surface area contributed by atoms with Crippen LogP contribution in [0.3, 0.4) is 0 Å². The molecular weight excluding hydrogens is 1230 g/mol. The molecule has 0 aliphatic carbocycles. The van der Waals surface area contributed by atoms with Crippen LogP contribution in [0.25, 0.3) is 0 Å². The first-order chi connectivity index (χ1) is 48.0. The van der Waals surface area contributed by atoms with Crippen molar-refractivity contribution in [3.8, 4) is 0 Å². The van der Waals surface area contributed by atoms with Gasteiger partial charge in [0.1, 0.15) is 19.8 Å². The van der Waals surface area contributed by atoms with E-state index in [1.54, 1.807) is 0 Å². The van der Waals surface area contributed by atoms with Gasteiger partial charge in [-0.3, -0.25) is 14.2 Å². The molecule has 0 rings (SSSR count). The van der Waals surface area contributed by atoms with Crippen LogP contribution in [0.2, 0.25) is 0 Å². The Morgan fingerprint density at radius 3 is 0.867 bits per heavy atom. The zero-order valence-electron chi connectivity index (χ0n) is 65.5. The fourth-order valence-corrected chi connectivity index (χ4v) is 13.2. The summed E-state index contributed by atoms with van der Waals surface area (Å²) in [5, 5.41) is 0. The van der Waals surface area contributed by atoms with E-state index in [0.717, 1.165) is 70.6 Å². The standard InChI is InChI=1S/C88H162NO8P/c1-6-8-10-12-14-16-18-20-22-24-26-28-30-32-34-36-38-40-41-42-43-44-45-46-47-49-51-53-55-57-59-61-63-65-67-69-71-73-75-77-79-81-88(91)97-86(85-96-98(92,93)95-83-82-89(3,4)5)84-94-87(90)80-78-76-74-72-70-68-66-64-62-60-58-56-54-52-50-48-39-37-35-33-31-29-27-25-23-21-19-17-15-13-11-9-7-2/h8,10,14,16,19-22,25-28,31,33,86H,6-7,9,11-13,15,17-18,23-24,29-30,32,34-85H2,1-5H3/b10-8-,16-14-,21-19-,22-20-,27-25-,28-26-,33-31-. The van der Waals surface area contributed by atoms with Crippen LogP contribution in [0.5, 0.6) is 0 Å².